The minimum absolute atomic E-state index is 0.0680. The number of hydrogen-bond donors (Lipinski definition) is 0. The third-order valence-corrected chi connectivity index (χ3v) is 4.38. The molecule has 0 aliphatic rings. The van der Waals surface area contributed by atoms with Crippen LogP contribution >= 0.6 is 0 Å². The number of hydrogen-bond acceptors (Lipinski definition) is 5. The van der Waals surface area contributed by atoms with Gasteiger partial charge in [-0.05, 0) is 42.2 Å². The van der Waals surface area contributed by atoms with Crippen molar-refractivity contribution in [2.75, 3.05) is 28.4 Å². The first-order chi connectivity index (χ1) is 12.6. The molecule has 2 aromatic carbocycles. The van der Waals surface area contributed by atoms with Crippen LogP contribution in [0.2, 0.25) is 0 Å². The highest BCUT2D eigenvalue weighted by molar-refractivity contribution is 6.02. The molecule has 0 atom stereocenters. The van der Waals surface area contributed by atoms with Crippen molar-refractivity contribution >= 4 is 5.78 Å². The molecule has 26 heavy (non-hydrogen) atoms. The first kappa shape index (κ1) is 19.6. The molecular weight excluding hydrogens is 332 g/mol. The Labute approximate surface area is 154 Å². The lowest BCUT2D eigenvalue weighted by Crippen LogP contribution is -2.08. The highest BCUT2D eigenvalue weighted by atomic mass is 16.5. The molecule has 5 heteroatoms. The van der Waals surface area contributed by atoms with E-state index in [-0.39, 0.29) is 5.78 Å². The van der Waals surface area contributed by atoms with Crippen LogP contribution in [0.15, 0.2) is 30.3 Å². The second kappa shape index (κ2) is 9.13. The average Bonchev–Trinajstić information content (AvgIpc) is 2.70. The Hall–Kier alpha value is -2.69. The lowest BCUT2D eigenvalue weighted by Gasteiger charge is -2.16. The quantitative estimate of drug-likeness (QED) is 0.632. The molecule has 2 rings (SSSR count). The summed E-state index contributed by atoms with van der Waals surface area (Å²) in [5, 5.41) is 0. The number of methoxy groups -OCH3 is 4. The molecule has 5 nitrogen and oxygen atoms in total. The molecule has 0 N–H and O–H groups in total. The van der Waals surface area contributed by atoms with E-state index >= 15 is 0 Å². The Morgan fingerprint density at radius 1 is 0.846 bits per heavy atom. The SMILES string of the molecule is CCc1ccc(OC)c(CCC(=O)c2c(OC)ccc(OC)c2OC)c1. The first-order valence-electron chi connectivity index (χ1n) is 8.57. The molecule has 0 unspecified atom stereocenters. The van der Waals surface area contributed by atoms with Gasteiger partial charge in [-0.2, -0.15) is 0 Å². The van der Waals surface area contributed by atoms with Crippen molar-refractivity contribution in [1.29, 1.82) is 0 Å². The molecule has 0 aliphatic carbocycles. The fraction of sp³-hybridized carbons (Fsp3) is 0.381. The molecule has 0 radical (unpaired) electrons. The van der Waals surface area contributed by atoms with Gasteiger partial charge in [-0.25, -0.2) is 0 Å². The van der Waals surface area contributed by atoms with E-state index < -0.39 is 0 Å². The molecular formula is C21H26O5. The monoisotopic (exact) mass is 358 g/mol. The van der Waals surface area contributed by atoms with Crippen LogP contribution in [-0.4, -0.2) is 34.2 Å². The summed E-state index contributed by atoms with van der Waals surface area (Å²) in [4.78, 5) is 12.9. The average molecular weight is 358 g/mol. The van der Waals surface area contributed by atoms with Crippen LogP contribution in [-0.2, 0) is 12.8 Å². The van der Waals surface area contributed by atoms with E-state index in [9.17, 15) is 4.79 Å². The number of aryl methyl sites for hydroxylation is 2. The number of carbonyl (C=O) groups is 1. The van der Waals surface area contributed by atoms with E-state index in [2.05, 4.69) is 13.0 Å². The molecule has 140 valence electrons. The molecule has 0 heterocycles. The number of benzene rings is 2. The summed E-state index contributed by atoms with van der Waals surface area (Å²) in [7, 11) is 6.23. The van der Waals surface area contributed by atoms with Gasteiger partial charge >= 0.3 is 0 Å². The van der Waals surface area contributed by atoms with Crippen molar-refractivity contribution in [3.8, 4) is 23.0 Å². The zero-order valence-corrected chi connectivity index (χ0v) is 16.0. The summed E-state index contributed by atoms with van der Waals surface area (Å²) < 4.78 is 21.5. The van der Waals surface area contributed by atoms with E-state index in [0.29, 0.717) is 35.7 Å². The van der Waals surface area contributed by atoms with E-state index in [4.69, 9.17) is 18.9 Å². The Bertz CT molecular complexity index is 767. The molecule has 0 aromatic heterocycles. The largest absolute Gasteiger partial charge is 0.496 e. The van der Waals surface area contributed by atoms with Crippen molar-refractivity contribution in [2.24, 2.45) is 0 Å². The first-order valence-corrected chi connectivity index (χ1v) is 8.57. The third kappa shape index (κ3) is 4.10. The zero-order chi connectivity index (χ0) is 19.1. The standard InChI is InChI=1S/C21H26O5/c1-6-14-7-10-17(23-2)15(13-14)8-9-16(22)20-18(24-3)11-12-19(25-4)21(20)26-5/h7,10-13H,6,8-9H2,1-5H3. The second-order valence-corrected chi connectivity index (χ2v) is 5.80. The van der Waals surface area contributed by atoms with Crippen LogP contribution in [0.3, 0.4) is 0 Å². The van der Waals surface area contributed by atoms with Gasteiger partial charge in [-0.1, -0.05) is 19.1 Å². The predicted octanol–water partition coefficient (Wildman–Crippen LogP) is 4.10. The van der Waals surface area contributed by atoms with Gasteiger partial charge < -0.3 is 18.9 Å². The van der Waals surface area contributed by atoms with Crippen LogP contribution in [0.5, 0.6) is 23.0 Å². The van der Waals surface area contributed by atoms with Gasteiger partial charge in [0, 0.05) is 6.42 Å². The smallest absolute Gasteiger partial charge is 0.175 e. The van der Waals surface area contributed by atoms with Crippen LogP contribution in [0.25, 0.3) is 0 Å². The Morgan fingerprint density at radius 2 is 1.46 bits per heavy atom. The number of ether oxygens (including phenoxy) is 4. The van der Waals surface area contributed by atoms with Crippen molar-refractivity contribution in [3.63, 3.8) is 0 Å². The lowest BCUT2D eigenvalue weighted by atomic mass is 9.98. The number of Topliss-reactive ketones (excluding diaryl/α,β-unsaturated/α-hetero) is 1. The number of ketones is 1. The topological polar surface area (TPSA) is 54.0 Å². The van der Waals surface area contributed by atoms with Crippen molar-refractivity contribution < 1.29 is 23.7 Å². The van der Waals surface area contributed by atoms with Gasteiger partial charge in [0.2, 0.25) is 0 Å². The fourth-order valence-electron chi connectivity index (χ4n) is 2.96. The van der Waals surface area contributed by atoms with Gasteiger partial charge in [0.05, 0.1) is 28.4 Å². The van der Waals surface area contributed by atoms with E-state index in [0.717, 1.165) is 17.7 Å². The van der Waals surface area contributed by atoms with E-state index in [1.165, 1.54) is 19.8 Å². The van der Waals surface area contributed by atoms with Crippen LogP contribution in [0.4, 0.5) is 0 Å². The summed E-state index contributed by atoms with van der Waals surface area (Å²) in [6, 6.07) is 9.52. The molecule has 0 bridgehead atoms. The van der Waals surface area contributed by atoms with Gasteiger partial charge in [0.25, 0.3) is 0 Å². The van der Waals surface area contributed by atoms with Crippen LogP contribution < -0.4 is 18.9 Å². The molecule has 0 fully saturated rings. The molecule has 0 saturated heterocycles. The Morgan fingerprint density at radius 3 is 2.04 bits per heavy atom. The van der Waals surface area contributed by atoms with Gasteiger partial charge in [0.15, 0.2) is 17.3 Å². The van der Waals surface area contributed by atoms with Crippen molar-refractivity contribution in [2.45, 2.75) is 26.2 Å². The molecule has 0 saturated carbocycles. The van der Waals surface area contributed by atoms with Crippen molar-refractivity contribution in [3.05, 3.63) is 47.0 Å². The summed E-state index contributed by atoms with van der Waals surface area (Å²) in [5.74, 6) is 2.09. The summed E-state index contributed by atoms with van der Waals surface area (Å²) >= 11 is 0. The van der Waals surface area contributed by atoms with Crippen LogP contribution in [0, 0.1) is 0 Å². The predicted molar refractivity (Wildman–Crippen MR) is 101 cm³/mol. The highest BCUT2D eigenvalue weighted by Crippen LogP contribution is 2.38. The normalized spacial score (nSPS) is 10.3. The molecule has 0 aliphatic heterocycles. The van der Waals surface area contributed by atoms with Crippen LogP contribution in [0.1, 0.15) is 34.8 Å². The Kier molecular flexibility index (Phi) is 6.89. The van der Waals surface area contributed by atoms with E-state index in [1.54, 1.807) is 26.4 Å². The Balaban J connectivity index is 2.31. The highest BCUT2D eigenvalue weighted by Gasteiger charge is 2.22. The maximum atomic E-state index is 12.9. The third-order valence-electron chi connectivity index (χ3n) is 4.38. The summed E-state index contributed by atoms with van der Waals surface area (Å²) in [6.07, 6.45) is 1.81. The zero-order valence-electron chi connectivity index (χ0n) is 16.0. The maximum absolute atomic E-state index is 12.9. The van der Waals surface area contributed by atoms with Crippen molar-refractivity contribution in [1.82, 2.24) is 0 Å². The minimum atomic E-state index is -0.0680. The van der Waals surface area contributed by atoms with E-state index in [1.807, 2.05) is 12.1 Å². The van der Waals surface area contributed by atoms with Gasteiger partial charge in [0.1, 0.15) is 17.1 Å². The maximum Gasteiger partial charge on any atom is 0.175 e. The molecule has 2 aromatic rings. The lowest BCUT2D eigenvalue weighted by molar-refractivity contribution is 0.0976. The molecule has 0 amide bonds. The van der Waals surface area contributed by atoms with Gasteiger partial charge in [-0.15, -0.1) is 0 Å². The number of carbonyl (C=O) groups excluding carboxylic acids is 1. The van der Waals surface area contributed by atoms with Gasteiger partial charge in [-0.3, -0.25) is 4.79 Å². The minimum Gasteiger partial charge on any atom is -0.496 e. The molecule has 0 spiro atoms. The summed E-state index contributed by atoms with van der Waals surface area (Å²) in [5.41, 5.74) is 2.63. The second-order valence-electron chi connectivity index (χ2n) is 5.80. The number of rotatable bonds is 9. The fourth-order valence-corrected chi connectivity index (χ4v) is 2.96. The summed E-state index contributed by atoms with van der Waals surface area (Å²) in [6.45, 7) is 2.10.